The highest BCUT2D eigenvalue weighted by atomic mass is 16.2. The molecule has 0 saturated carbocycles. The van der Waals surface area contributed by atoms with E-state index in [1.54, 1.807) is 6.20 Å². The van der Waals surface area contributed by atoms with E-state index in [4.69, 9.17) is 0 Å². The predicted molar refractivity (Wildman–Crippen MR) is 70.7 cm³/mol. The zero-order valence-corrected chi connectivity index (χ0v) is 11.0. The van der Waals surface area contributed by atoms with Gasteiger partial charge in [-0.1, -0.05) is 6.07 Å². The van der Waals surface area contributed by atoms with Crippen LogP contribution in [0.3, 0.4) is 0 Å². The third kappa shape index (κ3) is 3.78. The van der Waals surface area contributed by atoms with Crippen LogP contribution in [0.25, 0.3) is 0 Å². The van der Waals surface area contributed by atoms with Crippen LogP contribution in [0.1, 0.15) is 12.1 Å². The van der Waals surface area contributed by atoms with Gasteiger partial charge in [-0.15, -0.1) is 0 Å². The molecule has 1 aliphatic rings. The summed E-state index contributed by atoms with van der Waals surface area (Å²) in [6, 6.07) is 5.18. The standard InChI is InChI=1S/C13H16N4O3/c18-11(9-17-12(19)8-16-13(17)20)15-7-3-5-10-4-1-2-6-14-10/h1-2,4,6H,3,5,7-9H2,(H,15,18)(H,16,20). The van der Waals surface area contributed by atoms with Gasteiger partial charge in [-0.2, -0.15) is 0 Å². The summed E-state index contributed by atoms with van der Waals surface area (Å²) in [5.41, 5.74) is 0.968. The monoisotopic (exact) mass is 276 g/mol. The SMILES string of the molecule is O=C(CN1C(=O)CNC1=O)NCCCc1ccccn1. The third-order valence-electron chi connectivity index (χ3n) is 2.90. The number of aryl methyl sites for hydroxylation is 1. The molecule has 2 rings (SSSR count). The van der Waals surface area contributed by atoms with E-state index in [1.165, 1.54) is 0 Å². The van der Waals surface area contributed by atoms with Crippen molar-refractivity contribution in [3.63, 3.8) is 0 Å². The van der Waals surface area contributed by atoms with Gasteiger partial charge in [0.2, 0.25) is 5.91 Å². The van der Waals surface area contributed by atoms with E-state index in [0.29, 0.717) is 6.54 Å². The molecule has 0 atom stereocenters. The fourth-order valence-electron chi connectivity index (χ4n) is 1.86. The molecule has 0 radical (unpaired) electrons. The van der Waals surface area contributed by atoms with Crippen molar-refractivity contribution in [3.05, 3.63) is 30.1 Å². The Morgan fingerprint density at radius 3 is 2.90 bits per heavy atom. The third-order valence-corrected chi connectivity index (χ3v) is 2.90. The summed E-state index contributed by atoms with van der Waals surface area (Å²) in [7, 11) is 0. The molecule has 1 aromatic heterocycles. The van der Waals surface area contributed by atoms with Gasteiger partial charge in [0.05, 0.1) is 6.54 Å². The lowest BCUT2D eigenvalue weighted by molar-refractivity contribution is -0.130. The summed E-state index contributed by atoms with van der Waals surface area (Å²) >= 11 is 0. The van der Waals surface area contributed by atoms with E-state index in [1.807, 2.05) is 18.2 Å². The Balaban J connectivity index is 1.65. The molecular weight excluding hydrogens is 260 g/mol. The molecule has 1 fully saturated rings. The van der Waals surface area contributed by atoms with E-state index in [2.05, 4.69) is 15.6 Å². The highest BCUT2D eigenvalue weighted by Crippen LogP contribution is 1.99. The van der Waals surface area contributed by atoms with Gasteiger partial charge in [-0.25, -0.2) is 4.79 Å². The number of pyridine rings is 1. The molecule has 1 aliphatic heterocycles. The average molecular weight is 276 g/mol. The van der Waals surface area contributed by atoms with Crippen LogP contribution in [0.5, 0.6) is 0 Å². The van der Waals surface area contributed by atoms with E-state index in [0.717, 1.165) is 23.4 Å². The first-order valence-electron chi connectivity index (χ1n) is 6.41. The zero-order chi connectivity index (χ0) is 14.4. The lowest BCUT2D eigenvalue weighted by Crippen LogP contribution is -2.41. The molecule has 0 bridgehead atoms. The van der Waals surface area contributed by atoms with Crippen LogP contribution in [0.4, 0.5) is 4.79 Å². The second-order valence-electron chi connectivity index (χ2n) is 4.41. The molecule has 1 saturated heterocycles. The molecule has 106 valence electrons. The summed E-state index contributed by atoms with van der Waals surface area (Å²) in [5, 5.41) is 5.04. The molecule has 0 spiro atoms. The summed E-state index contributed by atoms with van der Waals surface area (Å²) in [6.45, 7) is 0.221. The largest absolute Gasteiger partial charge is 0.355 e. The molecule has 7 nitrogen and oxygen atoms in total. The van der Waals surface area contributed by atoms with Crippen LogP contribution in [0, 0.1) is 0 Å². The van der Waals surface area contributed by atoms with Crippen molar-refractivity contribution < 1.29 is 14.4 Å². The molecule has 0 aliphatic carbocycles. The number of rotatable bonds is 6. The van der Waals surface area contributed by atoms with Gasteiger partial charge >= 0.3 is 6.03 Å². The van der Waals surface area contributed by atoms with Crippen LogP contribution in [0.15, 0.2) is 24.4 Å². The average Bonchev–Trinajstić information content (AvgIpc) is 2.77. The number of amides is 4. The quantitative estimate of drug-likeness (QED) is 0.550. The molecule has 2 heterocycles. The second kappa shape index (κ2) is 6.65. The number of imide groups is 1. The maximum Gasteiger partial charge on any atom is 0.325 e. The molecule has 2 N–H and O–H groups in total. The summed E-state index contributed by atoms with van der Waals surface area (Å²) in [5.74, 6) is -0.713. The summed E-state index contributed by atoms with van der Waals surface area (Å²) < 4.78 is 0. The van der Waals surface area contributed by atoms with Crippen molar-refractivity contribution in [2.75, 3.05) is 19.6 Å². The Labute approximate surface area is 116 Å². The molecule has 0 aromatic carbocycles. The number of hydrogen-bond donors (Lipinski definition) is 2. The Hall–Kier alpha value is -2.44. The second-order valence-corrected chi connectivity index (χ2v) is 4.41. The van der Waals surface area contributed by atoms with Crippen molar-refractivity contribution in [1.29, 1.82) is 0 Å². The van der Waals surface area contributed by atoms with Gasteiger partial charge in [0.15, 0.2) is 0 Å². The van der Waals surface area contributed by atoms with Crippen molar-refractivity contribution in [1.82, 2.24) is 20.5 Å². The highest BCUT2D eigenvalue weighted by Gasteiger charge is 2.29. The van der Waals surface area contributed by atoms with Crippen LogP contribution < -0.4 is 10.6 Å². The van der Waals surface area contributed by atoms with Gasteiger partial charge in [-0.3, -0.25) is 19.5 Å². The zero-order valence-electron chi connectivity index (χ0n) is 11.0. The minimum atomic E-state index is -0.515. The number of aromatic nitrogens is 1. The first kappa shape index (κ1) is 14.0. The van der Waals surface area contributed by atoms with Gasteiger partial charge in [0, 0.05) is 18.4 Å². The number of hydrogen-bond acceptors (Lipinski definition) is 4. The maximum absolute atomic E-state index is 11.6. The molecule has 20 heavy (non-hydrogen) atoms. The Morgan fingerprint density at radius 1 is 1.40 bits per heavy atom. The highest BCUT2D eigenvalue weighted by molar-refractivity contribution is 6.04. The molecule has 7 heteroatoms. The fourth-order valence-corrected chi connectivity index (χ4v) is 1.86. The van der Waals surface area contributed by atoms with Crippen LogP contribution in [-0.4, -0.2) is 47.4 Å². The smallest absolute Gasteiger partial charge is 0.325 e. The Kier molecular flexibility index (Phi) is 4.65. The number of carbonyl (C=O) groups excluding carboxylic acids is 3. The normalized spacial score (nSPS) is 14.3. The lowest BCUT2D eigenvalue weighted by Gasteiger charge is -2.12. The van der Waals surface area contributed by atoms with Gasteiger partial charge in [0.25, 0.3) is 5.91 Å². The summed E-state index contributed by atoms with van der Waals surface area (Å²) in [4.78, 5) is 39.2. The Bertz CT molecular complexity index is 488. The molecule has 1 aromatic rings. The molecular formula is C13H16N4O3. The van der Waals surface area contributed by atoms with E-state index < -0.39 is 6.03 Å². The minimum absolute atomic E-state index is 0.0359. The number of carbonyl (C=O) groups is 3. The van der Waals surface area contributed by atoms with Gasteiger partial charge in [-0.05, 0) is 25.0 Å². The minimum Gasteiger partial charge on any atom is -0.355 e. The van der Waals surface area contributed by atoms with E-state index in [-0.39, 0.29) is 24.9 Å². The van der Waals surface area contributed by atoms with Crippen molar-refractivity contribution in [3.8, 4) is 0 Å². The summed E-state index contributed by atoms with van der Waals surface area (Å²) in [6.07, 6.45) is 3.25. The van der Waals surface area contributed by atoms with E-state index in [9.17, 15) is 14.4 Å². The topological polar surface area (TPSA) is 91.4 Å². The van der Waals surface area contributed by atoms with Crippen LogP contribution in [-0.2, 0) is 16.0 Å². The molecule has 4 amide bonds. The van der Waals surface area contributed by atoms with Crippen molar-refractivity contribution in [2.24, 2.45) is 0 Å². The first-order chi connectivity index (χ1) is 9.66. The molecule has 0 unspecified atom stereocenters. The first-order valence-corrected chi connectivity index (χ1v) is 6.41. The van der Waals surface area contributed by atoms with Gasteiger partial charge in [0.1, 0.15) is 6.54 Å². The number of urea groups is 1. The van der Waals surface area contributed by atoms with Crippen molar-refractivity contribution in [2.45, 2.75) is 12.8 Å². The Morgan fingerprint density at radius 2 is 2.25 bits per heavy atom. The predicted octanol–water partition coefficient (Wildman–Crippen LogP) is -0.318. The van der Waals surface area contributed by atoms with Crippen molar-refractivity contribution >= 4 is 17.8 Å². The fraction of sp³-hybridized carbons (Fsp3) is 0.385. The maximum atomic E-state index is 11.6. The lowest BCUT2D eigenvalue weighted by atomic mass is 10.2. The van der Waals surface area contributed by atoms with E-state index >= 15 is 0 Å². The number of nitrogens with one attached hydrogen (secondary N) is 2. The van der Waals surface area contributed by atoms with Gasteiger partial charge < -0.3 is 10.6 Å². The number of nitrogens with zero attached hydrogens (tertiary/aromatic N) is 2. The van der Waals surface area contributed by atoms with Crippen LogP contribution >= 0.6 is 0 Å². The van der Waals surface area contributed by atoms with Crippen LogP contribution in [0.2, 0.25) is 0 Å².